The van der Waals surface area contributed by atoms with Crippen LogP contribution in [0.3, 0.4) is 0 Å². The van der Waals surface area contributed by atoms with Crippen LogP contribution < -0.4 is 10.1 Å². The number of aromatic nitrogens is 6. The van der Waals surface area contributed by atoms with Gasteiger partial charge in [0.05, 0.1) is 55.2 Å². The fourth-order valence-electron chi connectivity index (χ4n) is 3.58. The van der Waals surface area contributed by atoms with Crippen LogP contribution in [0.25, 0.3) is 22.3 Å². The molecule has 4 aromatic rings. The highest BCUT2D eigenvalue weighted by atomic mass is 16.5. The van der Waals surface area contributed by atoms with E-state index < -0.39 is 0 Å². The van der Waals surface area contributed by atoms with Gasteiger partial charge in [0.25, 0.3) is 0 Å². The van der Waals surface area contributed by atoms with Gasteiger partial charge >= 0.3 is 0 Å². The van der Waals surface area contributed by atoms with Crippen molar-refractivity contribution in [2.24, 2.45) is 7.05 Å². The summed E-state index contributed by atoms with van der Waals surface area (Å²) in [6, 6.07) is 6.13. The summed E-state index contributed by atoms with van der Waals surface area (Å²) in [5, 5.41) is 12.4. The van der Waals surface area contributed by atoms with Crippen molar-refractivity contribution < 1.29 is 9.47 Å². The molecule has 9 heteroatoms. The van der Waals surface area contributed by atoms with Crippen LogP contribution in [0.4, 0.5) is 5.69 Å². The van der Waals surface area contributed by atoms with Gasteiger partial charge in [0.2, 0.25) is 5.88 Å². The molecule has 9 nitrogen and oxygen atoms in total. The molecule has 0 bridgehead atoms. The molecule has 0 saturated carbocycles. The van der Waals surface area contributed by atoms with E-state index >= 15 is 0 Å². The molecule has 5 rings (SSSR count). The van der Waals surface area contributed by atoms with Crippen LogP contribution in [0.2, 0.25) is 0 Å². The Kier molecular flexibility index (Phi) is 4.80. The van der Waals surface area contributed by atoms with Gasteiger partial charge in [0.15, 0.2) is 0 Å². The molecular formula is C21H23N7O2. The van der Waals surface area contributed by atoms with E-state index in [-0.39, 0.29) is 6.04 Å². The number of aryl methyl sites for hydroxylation is 1. The number of hydrogen-bond acceptors (Lipinski definition) is 7. The third-order valence-corrected chi connectivity index (χ3v) is 5.09. The second-order valence-corrected chi connectivity index (χ2v) is 7.23. The Morgan fingerprint density at radius 3 is 2.90 bits per heavy atom. The van der Waals surface area contributed by atoms with Crippen molar-refractivity contribution in [1.29, 1.82) is 0 Å². The average Bonchev–Trinajstić information content (AvgIpc) is 3.32. The van der Waals surface area contributed by atoms with Crippen LogP contribution >= 0.6 is 0 Å². The highest BCUT2D eigenvalue weighted by Crippen LogP contribution is 2.34. The van der Waals surface area contributed by atoms with Gasteiger partial charge in [-0.05, 0) is 25.1 Å². The van der Waals surface area contributed by atoms with E-state index in [1.807, 2.05) is 55.4 Å². The van der Waals surface area contributed by atoms with Crippen molar-refractivity contribution in [3.05, 3.63) is 48.5 Å². The Labute approximate surface area is 173 Å². The molecule has 0 unspecified atom stereocenters. The van der Waals surface area contributed by atoms with Gasteiger partial charge in [0.1, 0.15) is 11.0 Å². The van der Waals surface area contributed by atoms with Crippen LogP contribution in [0.1, 0.15) is 18.5 Å². The number of pyridine rings is 2. The van der Waals surface area contributed by atoms with Crippen LogP contribution in [0.15, 0.2) is 43.0 Å². The van der Waals surface area contributed by atoms with Crippen LogP contribution in [-0.4, -0.2) is 49.3 Å². The second kappa shape index (κ2) is 7.75. The lowest BCUT2D eigenvalue weighted by atomic mass is 10.1. The second-order valence-electron chi connectivity index (χ2n) is 7.23. The zero-order chi connectivity index (χ0) is 20.5. The minimum absolute atomic E-state index is 0.228. The number of nitrogens with zero attached hydrogens (tertiary/aromatic N) is 6. The first kappa shape index (κ1) is 18.6. The molecule has 0 aliphatic carbocycles. The molecule has 0 amide bonds. The topological polar surface area (TPSA) is 91.9 Å². The van der Waals surface area contributed by atoms with E-state index in [0.717, 1.165) is 33.5 Å². The number of hydrogen-bond donors (Lipinski definition) is 1. The highest BCUT2D eigenvalue weighted by Gasteiger charge is 2.25. The molecule has 0 atom stereocenters. The lowest BCUT2D eigenvalue weighted by molar-refractivity contribution is -0.0266. The van der Waals surface area contributed by atoms with E-state index in [1.165, 1.54) is 0 Å². The number of nitrogens with one attached hydrogen (secondary N) is 1. The monoisotopic (exact) mass is 405 g/mol. The molecular weight excluding hydrogens is 382 g/mol. The molecule has 0 aromatic carbocycles. The van der Waals surface area contributed by atoms with Crippen LogP contribution in [0, 0.1) is 0 Å². The third kappa shape index (κ3) is 3.37. The van der Waals surface area contributed by atoms with Gasteiger partial charge in [-0.2, -0.15) is 10.2 Å². The van der Waals surface area contributed by atoms with Crippen molar-refractivity contribution in [3.63, 3.8) is 0 Å². The summed E-state index contributed by atoms with van der Waals surface area (Å²) in [4.78, 5) is 9.24. The lowest BCUT2D eigenvalue weighted by Crippen LogP contribution is -2.31. The minimum Gasteiger partial charge on any atom is -0.477 e. The smallest absolute Gasteiger partial charge is 0.222 e. The van der Waals surface area contributed by atoms with Gasteiger partial charge in [-0.15, -0.1) is 0 Å². The van der Waals surface area contributed by atoms with Crippen molar-refractivity contribution in [1.82, 2.24) is 29.5 Å². The molecule has 154 valence electrons. The predicted octanol–water partition coefficient (Wildman–Crippen LogP) is 2.81. The minimum atomic E-state index is 0.228. The molecule has 5 heterocycles. The summed E-state index contributed by atoms with van der Waals surface area (Å²) >= 11 is 0. The molecule has 1 aliphatic heterocycles. The molecule has 1 saturated heterocycles. The van der Waals surface area contributed by atoms with E-state index in [1.54, 1.807) is 10.9 Å². The summed E-state index contributed by atoms with van der Waals surface area (Å²) in [5.41, 5.74) is 5.48. The normalized spacial score (nSPS) is 14.1. The van der Waals surface area contributed by atoms with Gasteiger partial charge in [-0.1, -0.05) is 0 Å². The summed E-state index contributed by atoms with van der Waals surface area (Å²) in [6.45, 7) is 4.46. The Hall–Kier alpha value is -3.46. The molecule has 1 N–H and O–H groups in total. The maximum absolute atomic E-state index is 5.73. The van der Waals surface area contributed by atoms with Crippen molar-refractivity contribution >= 4 is 16.7 Å². The lowest BCUT2D eigenvalue weighted by Gasteiger charge is -2.27. The third-order valence-electron chi connectivity index (χ3n) is 5.09. The first-order chi connectivity index (χ1) is 14.7. The fraction of sp³-hybridized carbons (Fsp3) is 0.333. The van der Waals surface area contributed by atoms with Gasteiger partial charge < -0.3 is 14.8 Å². The molecule has 0 radical (unpaired) electrons. The van der Waals surface area contributed by atoms with Crippen LogP contribution in [-0.2, 0) is 18.3 Å². The Bertz CT molecular complexity index is 1180. The molecule has 1 aliphatic rings. The fourth-order valence-corrected chi connectivity index (χ4v) is 3.58. The summed E-state index contributed by atoms with van der Waals surface area (Å²) in [5.74, 6) is 0.574. The predicted molar refractivity (Wildman–Crippen MR) is 112 cm³/mol. The maximum Gasteiger partial charge on any atom is 0.222 e. The highest BCUT2D eigenvalue weighted by molar-refractivity contribution is 5.91. The van der Waals surface area contributed by atoms with E-state index in [2.05, 4.69) is 20.5 Å². The van der Waals surface area contributed by atoms with E-state index in [0.29, 0.717) is 32.2 Å². The zero-order valence-corrected chi connectivity index (χ0v) is 16.9. The summed E-state index contributed by atoms with van der Waals surface area (Å²) < 4.78 is 14.9. The largest absolute Gasteiger partial charge is 0.477 e. The number of rotatable bonds is 7. The zero-order valence-electron chi connectivity index (χ0n) is 16.9. The van der Waals surface area contributed by atoms with Gasteiger partial charge in [0, 0.05) is 31.5 Å². The Morgan fingerprint density at radius 1 is 1.27 bits per heavy atom. The number of ether oxygens (including phenoxy) is 2. The Morgan fingerprint density at radius 2 is 2.17 bits per heavy atom. The van der Waals surface area contributed by atoms with Gasteiger partial charge in [-0.25, -0.2) is 9.97 Å². The average molecular weight is 405 g/mol. The molecule has 1 fully saturated rings. The quantitative estimate of drug-likeness (QED) is 0.505. The summed E-state index contributed by atoms with van der Waals surface area (Å²) in [7, 11) is 1.91. The van der Waals surface area contributed by atoms with Crippen molar-refractivity contribution in [3.8, 4) is 17.1 Å². The molecule has 0 spiro atoms. The number of fused-ring (bicyclic) bond motifs is 1. The first-order valence-electron chi connectivity index (χ1n) is 9.98. The van der Waals surface area contributed by atoms with E-state index in [9.17, 15) is 0 Å². The molecule has 4 aromatic heterocycles. The maximum atomic E-state index is 5.73. The van der Waals surface area contributed by atoms with E-state index in [4.69, 9.17) is 14.5 Å². The van der Waals surface area contributed by atoms with Crippen molar-refractivity contribution in [2.75, 3.05) is 25.1 Å². The van der Waals surface area contributed by atoms with Crippen molar-refractivity contribution in [2.45, 2.75) is 19.5 Å². The van der Waals surface area contributed by atoms with Gasteiger partial charge in [-0.3, -0.25) is 9.36 Å². The standard InChI is InChI=1S/C21H23N7O2/c1-3-30-21-16(5-4-6-22-21)17-7-18(23-8-14-9-24-27(2)11-14)20-19(26-17)10-25-28(20)15-12-29-13-15/h4-7,9-11,15H,3,8,12-13H2,1-2H3,(H,23,26). The van der Waals surface area contributed by atoms with Crippen LogP contribution in [0.5, 0.6) is 5.88 Å². The Balaban J connectivity index is 1.59. The first-order valence-corrected chi connectivity index (χ1v) is 9.98. The SMILES string of the molecule is CCOc1ncccc1-c1cc(NCc2cnn(C)c2)c2c(cnn2C2COC2)n1. The number of anilines is 1. The summed E-state index contributed by atoms with van der Waals surface area (Å²) in [6.07, 6.45) is 7.39. The molecule has 30 heavy (non-hydrogen) atoms.